The van der Waals surface area contributed by atoms with Gasteiger partial charge in [-0.2, -0.15) is 0 Å². The second kappa shape index (κ2) is 7.43. The van der Waals surface area contributed by atoms with Crippen molar-refractivity contribution in [2.45, 2.75) is 30.7 Å². The van der Waals surface area contributed by atoms with Crippen LogP contribution in [0.4, 0.5) is 0 Å². The molecule has 25 heavy (non-hydrogen) atoms. The first kappa shape index (κ1) is 19.9. The van der Waals surface area contributed by atoms with Gasteiger partial charge in [-0.3, -0.25) is 9.80 Å². The second-order valence-electron chi connectivity index (χ2n) is 6.52. The Kier molecular flexibility index (Phi) is 5.90. The summed E-state index contributed by atoms with van der Waals surface area (Å²) in [5.41, 5.74) is 0.955. The van der Waals surface area contributed by atoms with E-state index in [4.69, 9.17) is 0 Å². The summed E-state index contributed by atoms with van der Waals surface area (Å²) in [6, 6.07) is 6.05. The van der Waals surface area contributed by atoms with Crippen molar-refractivity contribution in [1.29, 1.82) is 0 Å². The van der Waals surface area contributed by atoms with Gasteiger partial charge in [0.15, 0.2) is 19.7 Å². The second-order valence-corrected chi connectivity index (χ2v) is 10.9. The molecule has 1 amide bonds. The third-order valence-electron chi connectivity index (χ3n) is 4.21. The molecular weight excluding hydrogens is 364 g/mol. The summed E-state index contributed by atoms with van der Waals surface area (Å²) in [6.45, 7) is 1.87. The highest BCUT2D eigenvalue weighted by atomic mass is 32.2. The van der Waals surface area contributed by atoms with Crippen molar-refractivity contribution >= 4 is 25.6 Å². The van der Waals surface area contributed by atoms with Gasteiger partial charge in [0.1, 0.15) is 0 Å². The highest BCUT2D eigenvalue weighted by molar-refractivity contribution is 7.91. The Hall–Kier alpha value is -1.45. The molecule has 0 bridgehead atoms. The van der Waals surface area contributed by atoms with Crippen molar-refractivity contribution < 1.29 is 21.6 Å². The predicted octanol–water partition coefficient (Wildman–Crippen LogP) is 0.651. The number of aryl methyl sites for hydroxylation is 1. The number of rotatable bonds is 6. The molecule has 0 N–H and O–H groups in total. The maximum absolute atomic E-state index is 12.5. The first-order valence-electron chi connectivity index (χ1n) is 8.01. The normalized spacial score (nSPS) is 19.9. The lowest BCUT2D eigenvalue weighted by atomic mass is 10.2. The summed E-state index contributed by atoms with van der Waals surface area (Å²) in [5.74, 6) is -0.722. The zero-order valence-electron chi connectivity index (χ0n) is 14.7. The minimum absolute atomic E-state index is 0.0525. The zero-order chi connectivity index (χ0) is 18.8. The fourth-order valence-electron chi connectivity index (χ4n) is 2.92. The van der Waals surface area contributed by atoms with Gasteiger partial charge in [0.25, 0.3) is 0 Å². The maximum Gasteiger partial charge on any atom is 0.238 e. The van der Waals surface area contributed by atoms with Crippen LogP contribution in [0.15, 0.2) is 29.2 Å². The van der Waals surface area contributed by atoms with Gasteiger partial charge in [0.05, 0.1) is 28.2 Å². The highest BCUT2D eigenvalue weighted by Gasteiger charge is 2.36. The van der Waals surface area contributed by atoms with E-state index >= 15 is 0 Å². The number of carbonyl (C=O) groups excluding carboxylic acids is 1. The van der Waals surface area contributed by atoms with Gasteiger partial charge in [-0.15, -0.1) is 0 Å². The van der Waals surface area contributed by atoms with E-state index in [0.29, 0.717) is 6.42 Å². The largest absolute Gasteiger partial charge is 0.273 e. The van der Waals surface area contributed by atoms with Crippen molar-refractivity contribution in [3.8, 4) is 0 Å². The summed E-state index contributed by atoms with van der Waals surface area (Å²) in [6.07, 6.45) is 0.182. The first-order chi connectivity index (χ1) is 11.5. The molecule has 0 spiro atoms. The molecule has 1 fully saturated rings. The van der Waals surface area contributed by atoms with Crippen LogP contribution in [-0.2, 0) is 24.5 Å². The number of hydrazine groups is 1. The van der Waals surface area contributed by atoms with Gasteiger partial charge >= 0.3 is 0 Å². The molecule has 1 heterocycles. The average Bonchev–Trinajstić information content (AvgIpc) is 2.85. The number of hydrogen-bond donors (Lipinski definition) is 0. The number of amides is 1. The van der Waals surface area contributed by atoms with E-state index in [1.54, 1.807) is 26.2 Å². The minimum Gasteiger partial charge on any atom is -0.273 e. The van der Waals surface area contributed by atoms with E-state index in [0.717, 1.165) is 5.56 Å². The van der Waals surface area contributed by atoms with Crippen LogP contribution < -0.4 is 0 Å². The smallest absolute Gasteiger partial charge is 0.238 e. The minimum atomic E-state index is -3.56. The van der Waals surface area contributed by atoms with Crippen molar-refractivity contribution in [1.82, 2.24) is 10.0 Å². The summed E-state index contributed by atoms with van der Waals surface area (Å²) >= 11 is 0. The Labute approximate surface area is 149 Å². The molecule has 0 radical (unpaired) electrons. The number of sulfone groups is 2. The van der Waals surface area contributed by atoms with E-state index in [1.165, 1.54) is 22.2 Å². The predicted molar refractivity (Wildman–Crippen MR) is 95.4 cm³/mol. The SMILES string of the molecule is Cc1ccc(S(=O)(=O)CCC(=O)N(C2CCS(=O)(=O)C2)N(C)C)cc1. The highest BCUT2D eigenvalue weighted by Crippen LogP contribution is 2.20. The average molecular weight is 389 g/mol. The summed E-state index contributed by atoms with van der Waals surface area (Å²) in [5, 5.41) is 2.90. The lowest BCUT2D eigenvalue weighted by Gasteiger charge is -2.33. The fourth-order valence-corrected chi connectivity index (χ4v) is 5.84. The van der Waals surface area contributed by atoms with E-state index in [1.807, 2.05) is 6.92 Å². The molecule has 0 saturated carbocycles. The van der Waals surface area contributed by atoms with Gasteiger partial charge in [-0.25, -0.2) is 21.8 Å². The Morgan fingerprint density at radius 3 is 2.28 bits per heavy atom. The van der Waals surface area contributed by atoms with Crippen LogP contribution in [-0.4, -0.2) is 70.2 Å². The molecule has 1 aliphatic rings. The van der Waals surface area contributed by atoms with Crippen molar-refractivity contribution in [2.24, 2.45) is 0 Å². The lowest BCUT2D eigenvalue weighted by Crippen LogP contribution is -2.49. The first-order valence-corrected chi connectivity index (χ1v) is 11.5. The fraction of sp³-hybridized carbons (Fsp3) is 0.562. The Morgan fingerprint density at radius 2 is 1.80 bits per heavy atom. The topological polar surface area (TPSA) is 91.8 Å². The number of nitrogens with zero attached hydrogens (tertiary/aromatic N) is 2. The standard InChI is InChI=1S/C16H24N2O5S2/c1-13-4-6-15(7-5-13)25(22,23)11-9-16(19)18(17(2)3)14-8-10-24(20,21)12-14/h4-7,14H,8-12H2,1-3H3. The van der Waals surface area contributed by atoms with E-state index in [-0.39, 0.29) is 34.5 Å². The number of benzene rings is 1. The Balaban J connectivity index is 2.07. The molecule has 0 aromatic heterocycles. The van der Waals surface area contributed by atoms with Crippen molar-refractivity contribution in [3.63, 3.8) is 0 Å². The molecule has 0 aliphatic carbocycles. The molecule has 1 atom stereocenters. The molecule has 1 aliphatic heterocycles. The molecule has 1 aromatic rings. The Morgan fingerprint density at radius 1 is 1.20 bits per heavy atom. The van der Waals surface area contributed by atoms with Crippen LogP contribution in [0.5, 0.6) is 0 Å². The third kappa shape index (κ3) is 5.02. The van der Waals surface area contributed by atoms with E-state index < -0.39 is 25.7 Å². The molecule has 140 valence electrons. The summed E-state index contributed by atoms with van der Waals surface area (Å²) in [7, 11) is -3.40. The van der Waals surface area contributed by atoms with Gasteiger partial charge in [0.2, 0.25) is 5.91 Å². The van der Waals surface area contributed by atoms with Crippen molar-refractivity contribution in [3.05, 3.63) is 29.8 Å². The van der Waals surface area contributed by atoms with Crippen LogP contribution in [0.25, 0.3) is 0 Å². The quantitative estimate of drug-likeness (QED) is 0.665. The number of hydrogen-bond acceptors (Lipinski definition) is 6. The molecule has 7 nitrogen and oxygen atoms in total. The van der Waals surface area contributed by atoms with Crippen LogP contribution in [0.2, 0.25) is 0 Å². The Bertz CT molecular complexity index is 830. The van der Waals surface area contributed by atoms with Gasteiger partial charge in [-0.1, -0.05) is 17.7 Å². The number of carbonyl (C=O) groups is 1. The zero-order valence-corrected chi connectivity index (χ0v) is 16.3. The molecular formula is C16H24N2O5S2. The van der Waals surface area contributed by atoms with Crippen LogP contribution in [0.1, 0.15) is 18.4 Å². The van der Waals surface area contributed by atoms with E-state index in [9.17, 15) is 21.6 Å². The maximum atomic E-state index is 12.5. The molecule has 9 heteroatoms. The van der Waals surface area contributed by atoms with Gasteiger partial charge in [-0.05, 0) is 25.5 Å². The van der Waals surface area contributed by atoms with Crippen LogP contribution in [0, 0.1) is 6.92 Å². The molecule has 1 unspecified atom stereocenters. The van der Waals surface area contributed by atoms with Gasteiger partial charge in [0, 0.05) is 20.5 Å². The summed E-state index contributed by atoms with van der Waals surface area (Å²) in [4.78, 5) is 12.7. The monoisotopic (exact) mass is 388 g/mol. The van der Waals surface area contributed by atoms with Crippen LogP contribution in [0.3, 0.4) is 0 Å². The third-order valence-corrected chi connectivity index (χ3v) is 7.69. The molecule has 2 rings (SSSR count). The van der Waals surface area contributed by atoms with Gasteiger partial charge < -0.3 is 0 Å². The van der Waals surface area contributed by atoms with Crippen LogP contribution >= 0.6 is 0 Å². The van der Waals surface area contributed by atoms with E-state index in [2.05, 4.69) is 0 Å². The lowest BCUT2D eigenvalue weighted by molar-refractivity contribution is -0.148. The molecule has 1 saturated heterocycles. The summed E-state index contributed by atoms with van der Waals surface area (Å²) < 4.78 is 48.1. The van der Waals surface area contributed by atoms with Crippen molar-refractivity contribution in [2.75, 3.05) is 31.4 Å². The molecule has 1 aromatic carbocycles.